The van der Waals surface area contributed by atoms with Gasteiger partial charge in [-0.05, 0) is 31.7 Å². The zero-order valence-electron chi connectivity index (χ0n) is 13.8. The highest BCUT2D eigenvalue weighted by Crippen LogP contribution is 2.13. The van der Waals surface area contributed by atoms with E-state index in [1.807, 2.05) is 0 Å². The Bertz CT molecular complexity index is 220. The zero-order valence-corrected chi connectivity index (χ0v) is 13.8. The molecule has 0 bridgehead atoms. The van der Waals surface area contributed by atoms with Crippen LogP contribution in [0.25, 0.3) is 0 Å². The van der Waals surface area contributed by atoms with Gasteiger partial charge in [0, 0.05) is 26.4 Å². The first-order valence-electron chi connectivity index (χ1n) is 8.87. The first kappa shape index (κ1) is 18.9. The Hall–Kier alpha value is -0.160. The molecule has 4 nitrogen and oxygen atoms in total. The number of aliphatic hydroxyl groups is 1. The summed E-state index contributed by atoms with van der Waals surface area (Å²) in [6.45, 7) is 6.86. The number of unbranched alkanes of at least 4 members (excludes halogenated alkanes) is 5. The highest BCUT2D eigenvalue weighted by molar-refractivity contribution is 4.67. The van der Waals surface area contributed by atoms with Crippen molar-refractivity contribution in [1.29, 1.82) is 0 Å². The summed E-state index contributed by atoms with van der Waals surface area (Å²) in [4.78, 5) is 0. The summed E-state index contributed by atoms with van der Waals surface area (Å²) >= 11 is 0. The van der Waals surface area contributed by atoms with Crippen LogP contribution in [0.15, 0.2) is 0 Å². The van der Waals surface area contributed by atoms with E-state index in [2.05, 4.69) is 12.2 Å². The average Bonchev–Trinajstić information content (AvgIpc) is 2.51. The van der Waals surface area contributed by atoms with Crippen LogP contribution in [0.4, 0.5) is 0 Å². The first-order chi connectivity index (χ1) is 10.3. The topological polar surface area (TPSA) is 50.7 Å². The fraction of sp³-hybridized carbons (Fsp3) is 1.00. The Morgan fingerprint density at radius 3 is 2.62 bits per heavy atom. The van der Waals surface area contributed by atoms with Gasteiger partial charge in [0.15, 0.2) is 0 Å². The van der Waals surface area contributed by atoms with Crippen molar-refractivity contribution in [2.24, 2.45) is 5.92 Å². The molecule has 1 aliphatic rings. The molecule has 1 fully saturated rings. The summed E-state index contributed by atoms with van der Waals surface area (Å²) in [5.41, 5.74) is 0. The van der Waals surface area contributed by atoms with E-state index in [0.29, 0.717) is 19.1 Å². The van der Waals surface area contributed by atoms with Crippen LogP contribution < -0.4 is 5.32 Å². The van der Waals surface area contributed by atoms with Crippen molar-refractivity contribution < 1.29 is 14.6 Å². The lowest BCUT2D eigenvalue weighted by atomic mass is 10.0. The first-order valence-corrected chi connectivity index (χ1v) is 8.87. The van der Waals surface area contributed by atoms with Gasteiger partial charge >= 0.3 is 0 Å². The lowest BCUT2D eigenvalue weighted by Gasteiger charge is -2.23. The van der Waals surface area contributed by atoms with Gasteiger partial charge in [-0.2, -0.15) is 0 Å². The number of nitrogens with one attached hydrogen (secondary N) is 1. The fourth-order valence-corrected chi connectivity index (χ4v) is 2.67. The maximum Gasteiger partial charge on any atom is 0.0897 e. The average molecular weight is 301 g/mol. The Morgan fingerprint density at radius 1 is 1.14 bits per heavy atom. The van der Waals surface area contributed by atoms with Gasteiger partial charge < -0.3 is 19.9 Å². The van der Waals surface area contributed by atoms with Crippen molar-refractivity contribution >= 4 is 0 Å². The van der Waals surface area contributed by atoms with Crippen LogP contribution >= 0.6 is 0 Å². The van der Waals surface area contributed by atoms with E-state index in [1.54, 1.807) is 0 Å². The number of ether oxygens (including phenoxy) is 2. The summed E-state index contributed by atoms with van der Waals surface area (Å²) in [5.74, 6) is 0.704. The molecular formula is C17H35NO3. The van der Waals surface area contributed by atoms with Crippen molar-refractivity contribution in [3.8, 4) is 0 Å². The standard InChI is InChI=1S/C17H35NO3/c1-2-3-4-5-6-7-10-21-15-17(19)14-18-13-16-8-11-20-12-9-16/h16-19H,2-15H2,1H3. The summed E-state index contributed by atoms with van der Waals surface area (Å²) in [6, 6.07) is 0. The third-order valence-electron chi connectivity index (χ3n) is 4.11. The minimum atomic E-state index is -0.384. The minimum absolute atomic E-state index is 0.384. The summed E-state index contributed by atoms with van der Waals surface area (Å²) in [5, 5.41) is 13.2. The van der Waals surface area contributed by atoms with E-state index < -0.39 is 0 Å². The molecule has 1 unspecified atom stereocenters. The van der Waals surface area contributed by atoms with Crippen molar-refractivity contribution in [2.45, 2.75) is 64.4 Å². The largest absolute Gasteiger partial charge is 0.389 e. The number of hydrogen-bond donors (Lipinski definition) is 2. The van der Waals surface area contributed by atoms with E-state index in [4.69, 9.17) is 9.47 Å². The Morgan fingerprint density at radius 2 is 1.86 bits per heavy atom. The molecule has 0 spiro atoms. The molecule has 0 saturated carbocycles. The van der Waals surface area contributed by atoms with Crippen molar-refractivity contribution in [3.05, 3.63) is 0 Å². The molecule has 1 aliphatic heterocycles. The van der Waals surface area contributed by atoms with Crippen LogP contribution in [-0.4, -0.2) is 50.7 Å². The molecular weight excluding hydrogens is 266 g/mol. The molecule has 4 heteroatoms. The van der Waals surface area contributed by atoms with Gasteiger partial charge in [-0.15, -0.1) is 0 Å². The molecule has 1 saturated heterocycles. The van der Waals surface area contributed by atoms with Gasteiger partial charge in [0.1, 0.15) is 0 Å². The molecule has 0 aromatic carbocycles. The molecule has 126 valence electrons. The SMILES string of the molecule is CCCCCCCCOCC(O)CNCC1CCOCC1. The minimum Gasteiger partial charge on any atom is -0.389 e. The van der Waals surface area contributed by atoms with Crippen LogP contribution in [0.5, 0.6) is 0 Å². The second-order valence-corrected chi connectivity index (χ2v) is 6.21. The number of rotatable bonds is 13. The smallest absolute Gasteiger partial charge is 0.0897 e. The van der Waals surface area contributed by atoms with Gasteiger partial charge in [-0.3, -0.25) is 0 Å². The highest BCUT2D eigenvalue weighted by atomic mass is 16.5. The molecule has 0 aromatic rings. The molecule has 1 rings (SSSR count). The predicted molar refractivity (Wildman–Crippen MR) is 86.6 cm³/mol. The molecule has 2 N–H and O–H groups in total. The van der Waals surface area contributed by atoms with E-state index in [-0.39, 0.29) is 6.10 Å². The van der Waals surface area contributed by atoms with Crippen molar-refractivity contribution in [2.75, 3.05) is 39.5 Å². The number of aliphatic hydroxyl groups excluding tert-OH is 1. The van der Waals surface area contributed by atoms with Crippen LogP contribution in [0.2, 0.25) is 0 Å². The van der Waals surface area contributed by atoms with Crippen molar-refractivity contribution in [3.63, 3.8) is 0 Å². The fourth-order valence-electron chi connectivity index (χ4n) is 2.67. The van der Waals surface area contributed by atoms with Gasteiger partial charge in [-0.1, -0.05) is 39.0 Å². The van der Waals surface area contributed by atoms with Crippen LogP contribution in [-0.2, 0) is 9.47 Å². The lowest BCUT2D eigenvalue weighted by Crippen LogP contribution is -2.35. The molecule has 0 aromatic heterocycles. The lowest BCUT2D eigenvalue weighted by molar-refractivity contribution is 0.0326. The monoisotopic (exact) mass is 301 g/mol. The normalized spacial score (nSPS) is 18.0. The maximum atomic E-state index is 9.84. The van der Waals surface area contributed by atoms with E-state index in [9.17, 15) is 5.11 Å². The second-order valence-electron chi connectivity index (χ2n) is 6.21. The van der Waals surface area contributed by atoms with Gasteiger partial charge in [-0.25, -0.2) is 0 Å². The molecule has 0 aliphatic carbocycles. The number of hydrogen-bond acceptors (Lipinski definition) is 4. The highest BCUT2D eigenvalue weighted by Gasteiger charge is 2.13. The third kappa shape index (κ3) is 11.1. The zero-order chi connectivity index (χ0) is 15.2. The Kier molecular flexibility index (Phi) is 12.1. The molecule has 21 heavy (non-hydrogen) atoms. The molecule has 0 amide bonds. The van der Waals surface area contributed by atoms with Crippen LogP contribution in [0, 0.1) is 5.92 Å². The maximum absolute atomic E-state index is 9.84. The second kappa shape index (κ2) is 13.5. The molecule has 1 heterocycles. The summed E-state index contributed by atoms with van der Waals surface area (Å²) in [7, 11) is 0. The van der Waals surface area contributed by atoms with Gasteiger partial charge in [0.05, 0.1) is 12.7 Å². The van der Waals surface area contributed by atoms with Crippen LogP contribution in [0.3, 0.4) is 0 Å². The quantitative estimate of drug-likeness (QED) is 0.514. The Balaban J connectivity index is 1.81. The molecule has 1 atom stereocenters. The summed E-state index contributed by atoms with van der Waals surface area (Å²) < 4.78 is 10.9. The van der Waals surface area contributed by atoms with E-state index in [1.165, 1.54) is 32.1 Å². The van der Waals surface area contributed by atoms with E-state index >= 15 is 0 Å². The van der Waals surface area contributed by atoms with Crippen molar-refractivity contribution in [1.82, 2.24) is 5.32 Å². The van der Waals surface area contributed by atoms with Gasteiger partial charge in [0.2, 0.25) is 0 Å². The Labute approximate surface area is 130 Å². The predicted octanol–water partition coefficient (Wildman–Crippen LogP) is 2.74. The third-order valence-corrected chi connectivity index (χ3v) is 4.11. The van der Waals surface area contributed by atoms with E-state index in [0.717, 1.165) is 45.6 Å². The van der Waals surface area contributed by atoms with Gasteiger partial charge in [0.25, 0.3) is 0 Å². The van der Waals surface area contributed by atoms with Crippen LogP contribution in [0.1, 0.15) is 58.3 Å². The molecule has 0 radical (unpaired) electrons. The summed E-state index contributed by atoms with van der Waals surface area (Å²) in [6.07, 6.45) is 9.55.